The second-order valence-electron chi connectivity index (χ2n) is 5.02. The maximum Gasteiger partial charge on any atom is 0.389 e. The molecule has 0 spiro atoms. The van der Waals surface area contributed by atoms with Crippen molar-refractivity contribution in [3.8, 4) is 0 Å². The molecule has 0 bridgehead atoms. The molecule has 1 aromatic rings. The molecule has 114 valence electrons. The van der Waals surface area contributed by atoms with E-state index in [-0.39, 0.29) is 12.5 Å². The lowest BCUT2D eigenvalue weighted by Crippen LogP contribution is -2.23. The second kappa shape index (κ2) is 8.03. The van der Waals surface area contributed by atoms with Crippen molar-refractivity contribution in [3.05, 3.63) is 33.8 Å². The van der Waals surface area contributed by atoms with Gasteiger partial charge in [0.1, 0.15) is 0 Å². The van der Waals surface area contributed by atoms with Crippen molar-refractivity contribution in [1.82, 2.24) is 5.32 Å². The van der Waals surface area contributed by atoms with E-state index in [0.717, 1.165) is 28.6 Å². The van der Waals surface area contributed by atoms with Crippen LogP contribution in [0.3, 0.4) is 0 Å². The Morgan fingerprint density at radius 1 is 1.30 bits per heavy atom. The van der Waals surface area contributed by atoms with Crippen LogP contribution in [0.1, 0.15) is 49.8 Å². The molecule has 0 heterocycles. The van der Waals surface area contributed by atoms with Crippen LogP contribution in [0.2, 0.25) is 0 Å². The molecule has 0 saturated carbocycles. The van der Waals surface area contributed by atoms with Gasteiger partial charge in [-0.2, -0.15) is 13.2 Å². The number of hydrogen-bond donors (Lipinski definition) is 1. The zero-order valence-electron chi connectivity index (χ0n) is 11.9. The molecule has 5 heteroatoms. The highest BCUT2D eigenvalue weighted by molar-refractivity contribution is 9.10. The molecule has 0 fully saturated rings. The van der Waals surface area contributed by atoms with E-state index in [1.54, 1.807) is 0 Å². The van der Waals surface area contributed by atoms with Gasteiger partial charge in [0.2, 0.25) is 0 Å². The topological polar surface area (TPSA) is 12.0 Å². The number of alkyl halides is 3. The van der Waals surface area contributed by atoms with Gasteiger partial charge in [-0.15, -0.1) is 0 Å². The van der Waals surface area contributed by atoms with E-state index >= 15 is 0 Å². The molecule has 1 rings (SSSR count). The van der Waals surface area contributed by atoms with Crippen LogP contribution < -0.4 is 5.32 Å². The fourth-order valence-corrected chi connectivity index (χ4v) is 2.34. The Kier molecular flexibility index (Phi) is 7.03. The average molecular weight is 352 g/mol. The SMILES string of the molecule is CCCNC(CCCC(F)(F)F)c1ccc(Br)c(C)c1. The molecule has 1 aromatic carbocycles. The number of rotatable bonds is 7. The van der Waals surface area contributed by atoms with Crippen molar-refractivity contribution in [3.63, 3.8) is 0 Å². The molecule has 20 heavy (non-hydrogen) atoms. The maximum absolute atomic E-state index is 12.3. The van der Waals surface area contributed by atoms with Gasteiger partial charge in [-0.05, 0) is 49.9 Å². The Bertz CT molecular complexity index is 418. The van der Waals surface area contributed by atoms with E-state index in [0.29, 0.717) is 6.42 Å². The Morgan fingerprint density at radius 2 is 2.00 bits per heavy atom. The standard InChI is InChI=1S/C15H21BrF3N/c1-3-9-20-14(5-4-8-15(17,18)19)12-6-7-13(16)11(2)10-12/h6-7,10,14,20H,3-5,8-9H2,1-2H3. The van der Waals surface area contributed by atoms with Gasteiger partial charge in [-0.1, -0.05) is 35.0 Å². The Hall–Kier alpha value is -0.550. The predicted molar refractivity (Wildman–Crippen MR) is 79.8 cm³/mol. The van der Waals surface area contributed by atoms with Crippen molar-refractivity contribution in [2.75, 3.05) is 6.54 Å². The van der Waals surface area contributed by atoms with Gasteiger partial charge >= 0.3 is 6.18 Å². The van der Waals surface area contributed by atoms with Crippen molar-refractivity contribution in [1.29, 1.82) is 0 Å². The Labute approximate surface area is 127 Å². The average Bonchev–Trinajstić information content (AvgIpc) is 2.35. The van der Waals surface area contributed by atoms with Gasteiger partial charge in [-0.3, -0.25) is 0 Å². The summed E-state index contributed by atoms with van der Waals surface area (Å²) in [6.07, 6.45) is -3.16. The highest BCUT2D eigenvalue weighted by Crippen LogP contribution is 2.28. The first-order valence-electron chi connectivity index (χ1n) is 6.89. The van der Waals surface area contributed by atoms with Crippen LogP contribution >= 0.6 is 15.9 Å². The molecule has 1 nitrogen and oxygen atoms in total. The van der Waals surface area contributed by atoms with Crippen LogP contribution in [0.25, 0.3) is 0 Å². The number of benzene rings is 1. The van der Waals surface area contributed by atoms with E-state index in [4.69, 9.17) is 0 Å². The summed E-state index contributed by atoms with van der Waals surface area (Å²) >= 11 is 3.44. The third-order valence-corrected chi connectivity index (χ3v) is 4.07. The zero-order chi connectivity index (χ0) is 15.2. The molecule has 0 radical (unpaired) electrons. The van der Waals surface area contributed by atoms with Crippen molar-refractivity contribution < 1.29 is 13.2 Å². The largest absolute Gasteiger partial charge is 0.389 e. The minimum atomic E-state index is -4.06. The summed E-state index contributed by atoms with van der Waals surface area (Å²) < 4.78 is 37.8. The normalized spacial score (nSPS) is 13.5. The summed E-state index contributed by atoms with van der Waals surface area (Å²) in [6, 6.07) is 5.95. The van der Waals surface area contributed by atoms with Crippen molar-refractivity contribution in [2.24, 2.45) is 0 Å². The molecular weight excluding hydrogens is 331 g/mol. The monoisotopic (exact) mass is 351 g/mol. The summed E-state index contributed by atoms with van der Waals surface area (Å²) in [4.78, 5) is 0. The third-order valence-electron chi connectivity index (χ3n) is 3.18. The Balaban J connectivity index is 2.69. The van der Waals surface area contributed by atoms with Gasteiger partial charge in [0.15, 0.2) is 0 Å². The number of halogens is 4. The van der Waals surface area contributed by atoms with Crippen molar-refractivity contribution in [2.45, 2.75) is 51.7 Å². The third kappa shape index (κ3) is 6.27. The number of aryl methyl sites for hydroxylation is 1. The van der Waals surface area contributed by atoms with Gasteiger partial charge in [0.25, 0.3) is 0 Å². The molecule has 0 amide bonds. The summed E-state index contributed by atoms with van der Waals surface area (Å²) in [7, 11) is 0. The number of nitrogens with one attached hydrogen (secondary N) is 1. The van der Waals surface area contributed by atoms with E-state index in [1.165, 1.54) is 0 Å². The van der Waals surface area contributed by atoms with Crippen LogP contribution in [-0.4, -0.2) is 12.7 Å². The predicted octanol–water partition coefficient (Wildman–Crippen LogP) is 5.53. The van der Waals surface area contributed by atoms with Gasteiger partial charge < -0.3 is 5.32 Å². The molecule has 1 atom stereocenters. The smallest absolute Gasteiger partial charge is 0.310 e. The van der Waals surface area contributed by atoms with E-state index in [1.807, 2.05) is 32.0 Å². The van der Waals surface area contributed by atoms with Crippen LogP contribution in [-0.2, 0) is 0 Å². The quantitative estimate of drug-likeness (QED) is 0.680. The van der Waals surface area contributed by atoms with E-state index in [9.17, 15) is 13.2 Å². The summed E-state index contributed by atoms with van der Waals surface area (Å²) in [5.41, 5.74) is 2.16. The van der Waals surface area contributed by atoms with Crippen molar-refractivity contribution >= 4 is 15.9 Å². The minimum Gasteiger partial charge on any atom is -0.310 e. The van der Waals surface area contributed by atoms with Gasteiger partial charge in [0, 0.05) is 16.9 Å². The van der Waals surface area contributed by atoms with Gasteiger partial charge in [0.05, 0.1) is 0 Å². The molecule has 0 saturated heterocycles. The highest BCUT2D eigenvalue weighted by Gasteiger charge is 2.26. The van der Waals surface area contributed by atoms with Gasteiger partial charge in [-0.25, -0.2) is 0 Å². The molecule has 0 aliphatic carbocycles. The lowest BCUT2D eigenvalue weighted by molar-refractivity contribution is -0.135. The number of hydrogen-bond acceptors (Lipinski definition) is 1. The first kappa shape index (κ1) is 17.5. The first-order chi connectivity index (χ1) is 9.33. The lowest BCUT2D eigenvalue weighted by atomic mass is 9.99. The van der Waals surface area contributed by atoms with Crippen LogP contribution in [0.5, 0.6) is 0 Å². The fourth-order valence-electron chi connectivity index (χ4n) is 2.10. The maximum atomic E-state index is 12.3. The molecule has 1 N–H and O–H groups in total. The lowest BCUT2D eigenvalue weighted by Gasteiger charge is -2.20. The van der Waals surface area contributed by atoms with E-state index in [2.05, 4.69) is 21.2 Å². The minimum absolute atomic E-state index is 0.0101. The molecule has 0 aliphatic heterocycles. The summed E-state index contributed by atoms with van der Waals surface area (Å²) in [5, 5.41) is 3.34. The molecule has 0 aliphatic rings. The zero-order valence-corrected chi connectivity index (χ0v) is 13.4. The summed E-state index contributed by atoms with van der Waals surface area (Å²) in [6.45, 7) is 4.85. The summed E-state index contributed by atoms with van der Waals surface area (Å²) in [5.74, 6) is 0. The first-order valence-corrected chi connectivity index (χ1v) is 7.69. The Morgan fingerprint density at radius 3 is 2.55 bits per heavy atom. The molecule has 0 aromatic heterocycles. The molecular formula is C15H21BrF3N. The van der Waals surface area contributed by atoms with Crippen LogP contribution in [0.4, 0.5) is 13.2 Å². The van der Waals surface area contributed by atoms with Crippen LogP contribution in [0.15, 0.2) is 22.7 Å². The highest BCUT2D eigenvalue weighted by atomic mass is 79.9. The fraction of sp³-hybridized carbons (Fsp3) is 0.600. The molecule has 1 unspecified atom stereocenters. The van der Waals surface area contributed by atoms with Crippen LogP contribution in [0, 0.1) is 6.92 Å². The van der Waals surface area contributed by atoms with E-state index < -0.39 is 12.6 Å². The second-order valence-corrected chi connectivity index (χ2v) is 5.88.